The van der Waals surface area contributed by atoms with Crippen LogP contribution in [0.25, 0.3) is 11.1 Å². The molecule has 3 nitrogen and oxygen atoms in total. The fourth-order valence-electron chi connectivity index (χ4n) is 7.63. The van der Waals surface area contributed by atoms with Crippen LogP contribution in [0.2, 0.25) is 0 Å². The van der Waals surface area contributed by atoms with Crippen LogP contribution in [0.1, 0.15) is 68.2 Å². The topological polar surface area (TPSA) is 24.8 Å². The molecule has 0 N–H and O–H groups in total. The molecule has 0 amide bonds. The zero-order valence-electron chi connectivity index (χ0n) is 20.2. The van der Waals surface area contributed by atoms with E-state index >= 15 is 0 Å². The maximum Gasteiger partial charge on any atom is 0.202 e. The van der Waals surface area contributed by atoms with Gasteiger partial charge in [-0.05, 0) is 99.1 Å². The second kappa shape index (κ2) is 7.18. The summed E-state index contributed by atoms with van der Waals surface area (Å²) in [6, 6.07) is 9.46. The molecule has 3 atom stereocenters. The second-order valence-corrected chi connectivity index (χ2v) is 10.6. The van der Waals surface area contributed by atoms with Crippen molar-refractivity contribution in [1.82, 2.24) is 4.90 Å². The van der Waals surface area contributed by atoms with Gasteiger partial charge in [0, 0.05) is 17.5 Å². The number of rotatable bonds is 0. The highest BCUT2D eigenvalue weighted by Gasteiger charge is 2.56. The van der Waals surface area contributed by atoms with Gasteiger partial charge in [-0.2, -0.15) is 0 Å². The Bertz CT molecular complexity index is 1100. The Kier molecular flexibility index (Phi) is 4.60. The third kappa shape index (κ3) is 2.61. The van der Waals surface area contributed by atoms with Crippen molar-refractivity contribution in [2.24, 2.45) is 22.7 Å². The van der Waals surface area contributed by atoms with Crippen molar-refractivity contribution in [3.05, 3.63) is 46.5 Å². The molecule has 3 unspecified atom stereocenters. The Labute approximate surface area is 192 Å². The maximum atomic E-state index is 7.16. The van der Waals surface area contributed by atoms with Crippen LogP contribution in [0.5, 0.6) is 5.75 Å². The minimum absolute atomic E-state index is 0.370. The van der Waals surface area contributed by atoms with Gasteiger partial charge in [-0.1, -0.05) is 38.1 Å². The average molecular weight is 429 g/mol. The van der Waals surface area contributed by atoms with Crippen LogP contribution in [-0.4, -0.2) is 29.9 Å². The molecule has 1 spiro atoms. The Morgan fingerprint density at radius 3 is 2.44 bits per heavy atom. The predicted octanol–water partition coefficient (Wildman–Crippen LogP) is 6.83. The Morgan fingerprint density at radius 2 is 1.69 bits per heavy atom. The summed E-state index contributed by atoms with van der Waals surface area (Å²) in [4.78, 5) is 7.81. The normalized spacial score (nSPS) is 33.2. The SMILES string of the molecule is CC.Cc1c(C)c2c(c3c1Cc1ccccc1-3)N=CC1(O2)C2CC3CC(CC(C3)N1C)C2. The van der Waals surface area contributed by atoms with Crippen LogP contribution in [0.3, 0.4) is 0 Å². The lowest BCUT2D eigenvalue weighted by molar-refractivity contribution is -0.0628. The van der Waals surface area contributed by atoms with Gasteiger partial charge < -0.3 is 4.74 Å². The summed E-state index contributed by atoms with van der Waals surface area (Å²) in [5.41, 5.74) is 8.89. The molecule has 32 heavy (non-hydrogen) atoms. The van der Waals surface area contributed by atoms with E-state index < -0.39 is 0 Å². The largest absolute Gasteiger partial charge is 0.464 e. The van der Waals surface area contributed by atoms with Crippen LogP contribution in [0.15, 0.2) is 29.3 Å². The van der Waals surface area contributed by atoms with Crippen LogP contribution < -0.4 is 4.74 Å². The zero-order chi connectivity index (χ0) is 22.2. The standard InChI is InChI=1S/C27H30N2O.C2H6/c1-15-16(2)26-25(24-22-7-5-4-6-19(22)13-23(15)24)28-14-27(30-26)20-9-17-8-18(10-20)12-21(11-17)29(27)3;1-2/h4-7,14,17-18,20-21H,8-13H2,1-3H3;1-2H3. The summed E-state index contributed by atoms with van der Waals surface area (Å²) < 4.78 is 7.16. The number of fused-ring (bicyclic) bond motifs is 5. The first-order valence-electron chi connectivity index (χ1n) is 12.8. The van der Waals surface area contributed by atoms with Gasteiger partial charge in [0.05, 0.1) is 6.21 Å². The molecule has 2 aromatic carbocycles. The third-order valence-corrected chi connectivity index (χ3v) is 9.20. The van der Waals surface area contributed by atoms with E-state index in [4.69, 9.17) is 9.73 Å². The van der Waals surface area contributed by atoms with E-state index in [1.807, 2.05) is 13.8 Å². The second-order valence-electron chi connectivity index (χ2n) is 10.6. The molecule has 4 bridgehead atoms. The first-order chi connectivity index (χ1) is 15.5. The van der Waals surface area contributed by atoms with Gasteiger partial charge in [0.1, 0.15) is 5.69 Å². The van der Waals surface area contributed by atoms with Crippen molar-refractivity contribution < 1.29 is 4.74 Å². The quantitative estimate of drug-likeness (QED) is 0.392. The smallest absolute Gasteiger partial charge is 0.202 e. The molecule has 168 valence electrons. The fraction of sp³-hybridized carbons (Fsp3) is 0.552. The Balaban J connectivity index is 0.000000953. The van der Waals surface area contributed by atoms with Crippen LogP contribution in [0, 0.1) is 31.6 Å². The first-order valence-corrected chi connectivity index (χ1v) is 12.8. The molecule has 3 aliphatic heterocycles. The summed E-state index contributed by atoms with van der Waals surface area (Å²) in [7, 11) is 2.30. The number of aliphatic imine (C=N–C) groups is 1. The third-order valence-electron chi connectivity index (χ3n) is 9.20. The van der Waals surface area contributed by atoms with Gasteiger partial charge in [0.25, 0.3) is 0 Å². The van der Waals surface area contributed by atoms with E-state index in [-0.39, 0.29) is 5.72 Å². The fourth-order valence-corrected chi connectivity index (χ4v) is 7.63. The van der Waals surface area contributed by atoms with E-state index in [9.17, 15) is 0 Å². The number of hydrogen-bond acceptors (Lipinski definition) is 3. The van der Waals surface area contributed by atoms with Crippen LogP contribution in [-0.2, 0) is 6.42 Å². The van der Waals surface area contributed by atoms with Gasteiger partial charge >= 0.3 is 0 Å². The van der Waals surface area contributed by atoms with E-state index in [0.29, 0.717) is 12.0 Å². The molecule has 4 fully saturated rings. The lowest BCUT2D eigenvalue weighted by Gasteiger charge is -2.46. The molecular weight excluding hydrogens is 392 g/mol. The van der Waals surface area contributed by atoms with Crippen molar-refractivity contribution in [1.29, 1.82) is 0 Å². The van der Waals surface area contributed by atoms with Gasteiger partial charge in [-0.25, -0.2) is 0 Å². The van der Waals surface area contributed by atoms with Gasteiger partial charge in [0.15, 0.2) is 5.75 Å². The average Bonchev–Trinajstić information content (AvgIpc) is 3.17. The molecule has 2 aromatic rings. The minimum atomic E-state index is -0.370. The highest BCUT2D eigenvalue weighted by Crippen LogP contribution is 2.57. The summed E-state index contributed by atoms with van der Waals surface area (Å²) in [5.74, 6) is 3.35. The molecule has 8 rings (SSSR count). The van der Waals surface area contributed by atoms with Gasteiger partial charge in [-0.15, -0.1) is 0 Å². The molecular formula is C29H36N2O. The molecule has 0 aromatic heterocycles. The zero-order valence-corrected chi connectivity index (χ0v) is 20.2. The predicted molar refractivity (Wildman–Crippen MR) is 132 cm³/mol. The molecule has 0 radical (unpaired) electrons. The first kappa shape index (κ1) is 20.5. The number of hydrogen-bond donors (Lipinski definition) is 0. The van der Waals surface area contributed by atoms with Crippen molar-refractivity contribution in [2.45, 2.75) is 78.0 Å². The number of ether oxygens (including phenoxy) is 1. The summed E-state index contributed by atoms with van der Waals surface area (Å²) in [5, 5.41) is 0. The highest BCUT2D eigenvalue weighted by atomic mass is 16.5. The summed E-state index contributed by atoms with van der Waals surface area (Å²) in [6.07, 6.45) is 9.93. The lowest BCUT2D eigenvalue weighted by Crippen LogP contribution is -2.59. The van der Waals surface area contributed by atoms with Crippen molar-refractivity contribution in [3.63, 3.8) is 0 Å². The van der Waals surface area contributed by atoms with Crippen molar-refractivity contribution >= 4 is 11.9 Å². The Hall–Kier alpha value is -2.13. The van der Waals surface area contributed by atoms with Gasteiger partial charge in [0.2, 0.25) is 5.72 Å². The number of benzene rings is 2. The molecule has 3 heteroatoms. The van der Waals surface area contributed by atoms with Crippen LogP contribution in [0.4, 0.5) is 5.69 Å². The van der Waals surface area contributed by atoms with Crippen molar-refractivity contribution in [2.75, 3.05) is 7.05 Å². The number of nitrogens with zero attached hydrogens (tertiary/aromatic N) is 2. The highest BCUT2D eigenvalue weighted by molar-refractivity contribution is 5.94. The van der Waals surface area contributed by atoms with Crippen molar-refractivity contribution in [3.8, 4) is 16.9 Å². The maximum absolute atomic E-state index is 7.16. The molecule has 2 saturated heterocycles. The molecule has 3 heterocycles. The molecule has 3 aliphatic carbocycles. The molecule has 2 saturated carbocycles. The minimum Gasteiger partial charge on any atom is -0.464 e. The Morgan fingerprint density at radius 1 is 0.969 bits per heavy atom. The monoisotopic (exact) mass is 428 g/mol. The van der Waals surface area contributed by atoms with E-state index in [1.165, 1.54) is 65.5 Å². The van der Waals surface area contributed by atoms with E-state index in [1.54, 1.807) is 0 Å². The molecule has 6 aliphatic rings. The van der Waals surface area contributed by atoms with E-state index in [2.05, 4.69) is 56.3 Å². The lowest BCUT2D eigenvalue weighted by atomic mass is 9.67. The van der Waals surface area contributed by atoms with Gasteiger partial charge in [-0.3, -0.25) is 9.89 Å². The summed E-state index contributed by atoms with van der Waals surface area (Å²) in [6.45, 7) is 8.52. The van der Waals surface area contributed by atoms with E-state index in [0.717, 1.165) is 29.7 Å². The van der Waals surface area contributed by atoms with Crippen LogP contribution >= 0.6 is 0 Å². The summed E-state index contributed by atoms with van der Waals surface area (Å²) >= 11 is 0.